The van der Waals surface area contributed by atoms with E-state index in [4.69, 9.17) is 10.4 Å². The third kappa shape index (κ3) is 2.99. The molecule has 0 atom stereocenters. The van der Waals surface area contributed by atoms with Gasteiger partial charge in [-0.25, -0.2) is 0 Å². The van der Waals surface area contributed by atoms with Gasteiger partial charge in [0.25, 0.3) is 0 Å². The highest BCUT2D eigenvalue weighted by Gasteiger charge is 2.09. The van der Waals surface area contributed by atoms with Gasteiger partial charge in [-0.3, -0.25) is 4.79 Å². The Morgan fingerprint density at radius 3 is 2.37 bits per heavy atom. The van der Waals surface area contributed by atoms with Crippen LogP contribution in [0.3, 0.4) is 0 Å². The van der Waals surface area contributed by atoms with Crippen molar-refractivity contribution in [3.63, 3.8) is 0 Å². The Hall–Kier alpha value is -2.60. The number of carboxylic acid groups (broad SMARTS) is 1. The molecule has 3 nitrogen and oxygen atoms in total. The summed E-state index contributed by atoms with van der Waals surface area (Å²) in [6.07, 6.45) is 0.553. The van der Waals surface area contributed by atoms with Crippen molar-refractivity contribution in [2.45, 2.75) is 12.8 Å². The quantitative estimate of drug-likeness (QED) is 0.907. The Balaban J connectivity index is 2.45. The number of hydrogen-bond acceptors (Lipinski definition) is 2. The minimum atomic E-state index is -0.816. The average Bonchev–Trinajstić information content (AvgIpc) is 2.45. The lowest BCUT2D eigenvalue weighted by molar-refractivity contribution is -0.136. The van der Waals surface area contributed by atoms with E-state index < -0.39 is 5.97 Å². The number of nitrogens with zero attached hydrogens (tertiary/aromatic N) is 1. The first-order valence-electron chi connectivity index (χ1n) is 6.01. The van der Waals surface area contributed by atoms with Gasteiger partial charge in [-0.2, -0.15) is 5.26 Å². The summed E-state index contributed by atoms with van der Waals surface area (Å²) in [4.78, 5) is 10.7. The van der Waals surface area contributed by atoms with Gasteiger partial charge < -0.3 is 5.11 Å². The Kier molecular flexibility index (Phi) is 3.94. The van der Waals surface area contributed by atoms with Crippen LogP contribution in [0.5, 0.6) is 0 Å². The first kappa shape index (κ1) is 12.8. The number of carboxylic acids is 1. The zero-order chi connectivity index (χ0) is 13.7. The van der Waals surface area contributed by atoms with Gasteiger partial charge in [-0.1, -0.05) is 42.5 Å². The molecular weight excluding hydrogens is 238 g/mol. The maximum absolute atomic E-state index is 10.7. The average molecular weight is 251 g/mol. The fraction of sp³-hybridized carbons (Fsp3) is 0.125. The Bertz CT molecular complexity index is 641. The molecular formula is C16H13NO2. The second-order valence-electron chi connectivity index (χ2n) is 4.21. The summed E-state index contributed by atoms with van der Waals surface area (Å²) in [5, 5.41) is 17.9. The van der Waals surface area contributed by atoms with Gasteiger partial charge in [-0.15, -0.1) is 0 Å². The van der Waals surface area contributed by atoms with Gasteiger partial charge in [0.05, 0.1) is 11.6 Å². The number of carbonyl (C=O) groups is 1. The van der Waals surface area contributed by atoms with Gasteiger partial charge in [0, 0.05) is 6.42 Å². The van der Waals surface area contributed by atoms with Crippen LogP contribution in [0.15, 0.2) is 48.5 Å². The molecule has 0 heterocycles. The molecule has 0 aliphatic rings. The van der Waals surface area contributed by atoms with Crippen LogP contribution in [-0.2, 0) is 11.2 Å². The molecule has 0 radical (unpaired) electrons. The molecule has 2 rings (SSSR count). The lowest BCUT2D eigenvalue weighted by Crippen LogP contribution is -1.99. The lowest BCUT2D eigenvalue weighted by atomic mass is 9.94. The Morgan fingerprint density at radius 1 is 1.05 bits per heavy atom. The van der Waals surface area contributed by atoms with Crippen molar-refractivity contribution in [1.29, 1.82) is 5.26 Å². The summed E-state index contributed by atoms with van der Waals surface area (Å²) in [5.74, 6) is -0.816. The summed E-state index contributed by atoms with van der Waals surface area (Å²) < 4.78 is 0. The number of rotatable bonds is 4. The molecule has 94 valence electrons. The summed E-state index contributed by atoms with van der Waals surface area (Å²) >= 11 is 0. The zero-order valence-electron chi connectivity index (χ0n) is 10.3. The number of aliphatic carboxylic acids is 1. The molecule has 0 aliphatic carbocycles. The number of nitriles is 1. The second-order valence-corrected chi connectivity index (χ2v) is 4.21. The molecule has 0 amide bonds. The van der Waals surface area contributed by atoms with Crippen LogP contribution in [-0.4, -0.2) is 11.1 Å². The SMILES string of the molecule is N#Cc1ccccc1-c1ccccc1CCC(=O)O. The summed E-state index contributed by atoms with van der Waals surface area (Å²) in [5.41, 5.74) is 3.34. The zero-order valence-corrected chi connectivity index (χ0v) is 10.3. The molecule has 19 heavy (non-hydrogen) atoms. The van der Waals surface area contributed by atoms with Crippen molar-refractivity contribution >= 4 is 5.97 Å². The first-order valence-corrected chi connectivity index (χ1v) is 6.01. The Labute approximate surface area is 111 Å². The number of aryl methyl sites for hydroxylation is 1. The molecule has 0 saturated carbocycles. The van der Waals surface area contributed by atoms with Crippen LogP contribution in [0.25, 0.3) is 11.1 Å². The molecule has 2 aromatic rings. The van der Waals surface area contributed by atoms with Crippen molar-refractivity contribution in [3.05, 3.63) is 59.7 Å². The highest BCUT2D eigenvalue weighted by molar-refractivity contribution is 5.74. The van der Waals surface area contributed by atoms with Crippen molar-refractivity contribution in [3.8, 4) is 17.2 Å². The van der Waals surface area contributed by atoms with E-state index in [2.05, 4.69) is 6.07 Å². The van der Waals surface area contributed by atoms with Gasteiger partial charge in [0.15, 0.2) is 0 Å². The first-order chi connectivity index (χ1) is 9.22. The molecule has 0 saturated heterocycles. The predicted octanol–water partition coefficient (Wildman–Crippen LogP) is 3.24. The standard InChI is InChI=1S/C16H13NO2/c17-11-13-6-2-4-8-15(13)14-7-3-1-5-12(14)9-10-16(18)19/h1-8H,9-10H2,(H,18,19). The van der Waals surface area contributed by atoms with Gasteiger partial charge >= 0.3 is 5.97 Å². The van der Waals surface area contributed by atoms with Crippen molar-refractivity contribution < 1.29 is 9.90 Å². The highest BCUT2D eigenvalue weighted by Crippen LogP contribution is 2.27. The highest BCUT2D eigenvalue weighted by atomic mass is 16.4. The minimum absolute atomic E-state index is 0.0890. The van der Waals surface area contributed by atoms with E-state index in [-0.39, 0.29) is 6.42 Å². The van der Waals surface area contributed by atoms with Crippen LogP contribution in [0.4, 0.5) is 0 Å². The van der Waals surface area contributed by atoms with E-state index in [1.54, 1.807) is 6.07 Å². The van der Waals surface area contributed by atoms with Crippen LogP contribution in [0.2, 0.25) is 0 Å². The summed E-state index contributed by atoms with van der Waals surface area (Å²) in [6.45, 7) is 0. The predicted molar refractivity (Wildman–Crippen MR) is 72.5 cm³/mol. The lowest BCUT2D eigenvalue weighted by Gasteiger charge is -2.10. The van der Waals surface area contributed by atoms with Gasteiger partial charge in [0.1, 0.15) is 0 Å². The van der Waals surface area contributed by atoms with Crippen LogP contribution in [0, 0.1) is 11.3 Å². The third-order valence-corrected chi connectivity index (χ3v) is 2.96. The van der Waals surface area contributed by atoms with Crippen molar-refractivity contribution in [1.82, 2.24) is 0 Å². The van der Waals surface area contributed by atoms with Gasteiger partial charge in [-0.05, 0) is 29.2 Å². The third-order valence-electron chi connectivity index (χ3n) is 2.96. The van der Waals surface area contributed by atoms with Crippen molar-refractivity contribution in [2.24, 2.45) is 0 Å². The Morgan fingerprint density at radius 2 is 1.68 bits per heavy atom. The van der Waals surface area contributed by atoms with E-state index in [0.717, 1.165) is 16.7 Å². The molecule has 0 unspecified atom stereocenters. The smallest absolute Gasteiger partial charge is 0.303 e. The van der Waals surface area contributed by atoms with Crippen LogP contribution in [0.1, 0.15) is 17.5 Å². The maximum Gasteiger partial charge on any atom is 0.303 e. The fourth-order valence-electron chi connectivity index (χ4n) is 2.06. The molecule has 1 N–H and O–H groups in total. The van der Waals surface area contributed by atoms with Crippen LogP contribution >= 0.6 is 0 Å². The molecule has 3 heteroatoms. The molecule has 0 aliphatic heterocycles. The van der Waals surface area contributed by atoms with E-state index in [0.29, 0.717) is 12.0 Å². The van der Waals surface area contributed by atoms with E-state index in [9.17, 15) is 4.79 Å². The fourth-order valence-corrected chi connectivity index (χ4v) is 2.06. The monoisotopic (exact) mass is 251 g/mol. The van der Waals surface area contributed by atoms with Crippen molar-refractivity contribution in [2.75, 3.05) is 0 Å². The number of benzene rings is 2. The molecule has 0 bridgehead atoms. The topological polar surface area (TPSA) is 61.1 Å². The van der Waals surface area contributed by atoms with E-state index in [1.807, 2.05) is 42.5 Å². The maximum atomic E-state index is 10.7. The molecule has 0 fully saturated rings. The summed E-state index contributed by atoms with van der Waals surface area (Å²) in [6, 6.07) is 17.1. The van der Waals surface area contributed by atoms with Crippen LogP contribution < -0.4 is 0 Å². The van der Waals surface area contributed by atoms with E-state index >= 15 is 0 Å². The minimum Gasteiger partial charge on any atom is -0.481 e. The normalized spacial score (nSPS) is 9.84. The molecule has 0 spiro atoms. The summed E-state index contributed by atoms with van der Waals surface area (Å²) in [7, 11) is 0. The van der Waals surface area contributed by atoms with Gasteiger partial charge in [0.2, 0.25) is 0 Å². The molecule has 2 aromatic carbocycles. The largest absolute Gasteiger partial charge is 0.481 e. The second kappa shape index (κ2) is 5.83. The van der Waals surface area contributed by atoms with E-state index in [1.165, 1.54) is 0 Å². The molecule has 0 aromatic heterocycles. The number of hydrogen-bond donors (Lipinski definition) is 1.